The summed E-state index contributed by atoms with van der Waals surface area (Å²) in [5, 5.41) is 10.5. The quantitative estimate of drug-likeness (QED) is 0.689. The van der Waals surface area contributed by atoms with Crippen molar-refractivity contribution in [3.63, 3.8) is 0 Å². The van der Waals surface area contributed by atoms with E-state index < -0.39 is 10.0 Å². The van der Waals surface area contributed by atoms with Gasteiger partial charge in [-0.15, -0.1) is 10.2 Å². The molecule has 0 unspecified atom stereocenters. The van der Waals surface area contributed by atoms with E-state index in [1.807, 2.05) is 0 Å². The van der Waals surface area contributed by atoms with Crippen LogP contribution >= 0.6 is 11.8 Å². The number of nitrogens with one attached hydrogen (secondary N) is 1. The summed E-state index contributed by atoms with van der Waals surface area (Å²) in [4.78, 5) is 11.4. The van der Waals surface area contributed by atoms with Gasteiger partial charge in [0, 0.05) is 25.7 Å². The molecule has 1 amide bonds. The van der Waals surface area contributed by atoms with Crippen LogP contribution in [-0.4, -0.2) is 54.7 Å². The zero-order chi connectivity index (χ0) is 18.4. The highest BCUT2D eigenvalue weighted by molar-refractivity contribution is 7.99. The molecule has 1 aromatic heterocycles. The fourth-order valence-electron chi connectivity index (χ4n) is 2.09. The van der Waals surface area contributed by atoms with Crippen LogP contribution in [0.4, 0.5) is 0 Å². The number of carbonyl (C=O) groups is 1. The van der Waals surface area contributed by atoms with Gasteiger partial charge in [0.25, 0.3) is 5.22 Å². The number of nitrogens with zero attached hydrogens (tertiary/aromatic N) is 3. The number of amides is 1. The molecule has 0 aliphatic heterocycles. The number of rotatable bonds is 8. The van der Waals surface area contributed by atoms with Crippen LogP contribution in [0.2, 0.25) is 0 Å². The van der Waals surface area contributed by atoms with E-state index in [1.54, 1.807) is 33.0 Å². The Morgan fingerprint density at radius 3 is 2.64 bits per heavy atom. The Morgan fingerprint density at radius 1 is 1.28 bits per heavy atom. The van der Waals surface area contributed by atoms with Gasteiger partial charge in [-0.05, 0) is 18.2 Å². The number of thioether (sulfide) groups is 1. The topological polar surface area (TPSA) is 105 Å². The van der Waals surface area contributed by atoms with Gasteiger partial charge in [-0.1, -0.05) is 31.7 Å². The van der Waals surface area contributed by atoms with E-state index in [0.717, 1.165) is 11.8 Å². The van der Waals surface area contributed by atoms with Gasteiger partial charge in [0.15, 0.2) is 0 Å². The van der Waals surface area contributed by atoms with Crippen molar-refractivity contribution in [1.82, 2.24) is 19.8 Å². The molecule has 8 nitrogen and oxygen atoms in total. The molecule has 136 valence electrons. The van der Waals surface area contributed by atoms with Crippen LogP contribution in [-0.2, 0) is 14.8 Å². The molecule has 2 aromatic rings. The number of sulfonamides is 1. The van der Waals surface area contributed by atoms with Crippen molar-refractivity contribution in [3.05, 3.63) is 24.3 Å². The summed E-state index contributed by atoms with van der Waals surface area (Å²) in [6.07, 6.45) is 0. The highest BCUT2D eigenvalue weighted by Gasteiger charge is 2.22. The summed E-state index contributed by atoms with van der Waals surface area (Å²) in [6.45, 7) is 4.37. The first-order valence-corrected chi connectivity index (χ1v) is 10.1. The predicted molar refractivity (Wildman–Crippen MR) is 94.6 cm³/mol. The maximum absolute atomic E-state index is 12.6. The van der Waals surface area contributed by atoms with Gasteiger partial charge in [0.1, 0.15) is 0 Å². The van der Waals surface area contributed by atoms with Gasteiger partial charge in [-0.2, -0.15) is 4.31 Å². The molecule has 10 heteroatoms. The summed E-state index contributed by atoms with van der Waals surface area (Å²) in [5.74, 6) is 0.210. The van der Waals surface area contributed by atoms with E-state index in [4.69, 9.17) is 4.42 Å². The monoisotopic (exact) mass is 384 g/mol. The Hall–Kier alpha value is -1.91. The lowest BCUT2D eigenvalue weighted by molar-refractivity contribution is -0.118. The summed E-state index contributed by atoms with van der Waals surface area (Å²) >= 11 is 1.11. The van der Waals surface area contributed by atoms with Gasteiger partial charge in [0.05, 0.1) is 10.6 Å². The lowest BCUT2D eigenvalue weighted by Crippen LogP contribution is -2.30. The maximum atomic E-state index is 12.6. The molecule has 0 fully saturated rings. The minimum atomic E-state index is -3.56. The fraction of sp³-hybridized carbons (Fsp3) is 0.400. The molecule has 0 saturated carbocycles. The average molecular weight is 384 g/mol. The molecule has 0 bridgehead atoms. The Morgan fingerprint density at radius 2 is 2.00 bits per heavy atom. The van der Waals surface area contributed by atoms with Crippen molar-refractivity contribution >= 4 is 27.7 Å². The molecular formula is C15H20N4O4S2. The second kappa shape index (κ2) is 8.45. The number of hydrogen-bond donors (Lipinski definition) is 1. The van der Waals surface area contributed by atoms with Crippen LogP contribution in [0, 0.1) is 0 Å². The minimum absolute atomic E-state index is 0.155. The molecule has 25 heavy (non-hydrogen) atoms. The first kappa shape index (κ1) is 19.4. The summed E-state index contributed by atoms with van der Waals surface area (Å²) in [5.41, 5.74) is 0.507. The molecule has 0 aliphatic carbocycles. The van der Waals surface area contributed by atoms with Gasteiger partial charge in [-0.3, -0.25) is 4.79 Å². The lowest BCUT2D eigenvalue weighted by Gasteiger charge is -2.18. The molecule has 0 atom stereocenters. The first-order chi connectivity index (χ1) is 11.9. The summed E-state index contributed by atoms with van der Waals surface area (Å²) in [7, 11) is -2.02. The number of aromatic nitrogens is 2. The molecular weight excluding hydrogens is 364 g/mol. The van der Waals surface area contributed by atoms with E-state index in [-0.39, 0.29) is 27.7 Å². The summed E-state index contributed by atoms with van der Waals surface area (Å²) in [6, 6.07) is 6.37. The Bertz CT molecular complexity index is 832. The van der Waals surface area contributed by atoms with Crippen molar-refractivity contribution in [3.8, 4) is 11.5 Å². The number of carbonyl (C=O) groups excluding carboxylic acids is 1. The lowest BCUT2D eigenvalue weighted by atomic mass is 10.2. The third-order valence-corrected chi connectivity index (χ3v) is 6.30. The van der Waals surface area contributed by atoms with Gasteiger partial charge < -0.3 is 9.73 Å². The van der Waals surface area contributed by atoms with E-state index in [2.05, 4.69) is 15.5 Å². The van der Waals surface area contributed by atoms with Crippen molar-refractivity contribution in [2.75, 3.05) is 25.9 Å². The maximum Gasteiger partial charge on any atom is 0.277 e. The van der Waals surface area contributed by atoms with Crippen LogP contribution < -0.4 is 5.32 Å². The van der Waals surface area contributed by atoms with E-state index in [0.29, 0.717) is 18.7 Å². The van der Waals surface area contributed by atoms with Gasteiger partial charge in [0.2, 0.25) is 21.8 Å². The van der Waals surface area contributed by atoms with Crippen LogP contribution in [0.25, 0.3) is 11.5 Å². The minimum Gasteiger partial charge on any atom is -0.411 e. The standard InChI is InChI=1S/C15H20N4O4S2/c1-4-19(5-2)25(21,22)12-8-6-7-11(9-12)14-17-18-15(23-14)24-10-13(20)16-3/h6-9H,4-5,10H2,1-3H3,(H,16,20). The van der Waals surface area contributed by atoms with E-state index in [1.165, 1.54) is 16.4 Å². The molecule has 0 radical (unpaired) electrons. The van der Waals surface area contributed by atoms with E-state index in [9.17, 15) is 13.2 Å². The van der Waals surface area contributed by atoms with Crippen molar-refractivity contribution < 1.29 is 17.6 Å². The second-order valence-corrected chi connectivity index (χ2v) is 7.82. The van der Waals surface area contributed by atoms with Gasteiger partial charge >= 0.3 is 0 Å². The molecule has 1 aromatic carbocycles. The van der Waals surface area contributed by atoms with Crippen LogP contribution in [0.5, 0.6) is 0 Å². The Labute approximate surface area is 151 Å². The first-order valence-electron chi connectivity index (χ1n) is 7.69. The molecule has 0 saturated heterocycles. The Kier molecular flexibility index (Phi) is 6.57. The largest absolute Gasteiger partial charge is 0.411 e. The molecule has 0 spiro atoms. The second-order valence-electron chi connectivity index (χ2n) is 4.95. The molecule has 2 rings (SSSR count). The van der Waals surface area contributed by atoms with Crippen LogP contribution in [0.1, 0.15) is 13.8 Å². The SMILES string of the molecule is CCN(CC)S(=O)(=O)c1cccc(-c2nnc(SCC(=O)NC)o2)c1. The fourth-order valence-corrected chi connectivity index (χ4v) is 4.23. The zero-order valence-corrected chi connectivity index (χ0v) is 15.9. The normalized spacial score (nSPS) is 11.7. The predicted octanol–water partition coefficient (Wildman–Crippen LogP) is 1.61. The van der Waals surface area contributed by atoms with Crippen LogP contribution in [0.3, 0.4) is 0 Å². The Balaban J connectivity index is 2.25. The van der Waals surface area contributed by atoms with Crippen molar-refractivity contribution in [2.45, 2.75) is 24.0 Å². The molecule has 1 N–H and O–H groups in total. The highest BCUT2D eigenvalue weighted by Crippen LogP contribution is 2.26. The van der Waals surface area contributed by atoms with Crippen molar-refractivity contribution in [2.24, 2.45) is 0 Å². The molecule has 0 aliphatic rings. The zero-order valence-electron chi connectivity index (χ0n) is 14.2. The van der Waals surface area contributed by atoms with Crippen LogP contribution in [0.15, 0.2) is 38.8 Å². The average Bonchev–Trinajstić information content (AvgIpc) is 3.09. The number of hydrogen-bond acceptors (Lipinski definition) is 7. The number of benzene rings is 1. The smallest absolute Gasteiger partial charge is 0.277 e. The third-order valence-electron chi connectivity index (χ3n) is 3.44. The highest BCUT2D eigenvalue weighted by atomic mass is 32.2. The van der Waals surface area contributed by atoms with Gasteiger partial charge in [-0.25, -0.2) is 8.42 Å². The van der Waals surface area contributed by atoms with E-state index >= 15 is 0 Å². The summed E-state index contributed by atoms with van der Waals surface area (Å²) < 4.78 is 32.1. The van der Waals surface area contributed by atoms with Crippen molar-refractivity contribution in [1.29, 1.82) is 0 Å². The third kappa shape index (κ3) is 4.59. The molecule has 1 heterocycles.